The Morgan fingerprint density at radius 2 is 2.04 bits per heavy atom. The van der Waals surface area contributed by atoms with Crippen LogP contribution in [0.5, 0.6) is 5.75 Å². The first-order valence-electron chi connectivity index (χ1n) is 7.78. The summed E-state index contributed by atoms with van der Waals surface area (Å²) in [6.45, 7) is 6.77. The van der Waals surface area contributed by atoms with Crippen LogP contribution in [-0.4, -0.2) is 38.2 Å². The Morgan fingerprint density at radius 1 is 1.35 bits per heavy atom. The van der Waals surface area contributed by atoms with Crippen LogP contribution in [0.3, 0.4) is 0 Å². The maximum absolute atomic E-state index is 13.5. The van der Waals surface area contributed by atoms with Crippen LogP contribution >= 0.6 is 0 Å². The molecule has 0 amide bonds. The molecular weight excluding hydrogens is 305 g/mol. The van der Waals surface area contributed by atoms with Crippen LogP contribution < -0.4 is 10.1 Å². The van der Waals surface area contributed by atoms with Gasteiger partial charge in [0.05, 0.1) is 12.7 Å². The Labute approximate surface area is 135 Å². The van der Waals surface area contributed by atoms with E-state index in [-0.39, 0.29) is 11.8 Å². The maximum Gasteiger partial charge on any atom is 0.416 e. The van der Waals surface area contributed by atoms with Crippen molar-refractivity contribution in [1.29, 1.82) is 0 Å². The fourth-order valence-corrected chi connectivity index (χ4v) is 3.00. The minimum Gasteiger partial charge on any atom is -0.497 e. The second kappa shape index (κ2) is 7.84. The Kier molecular flexibility index (Phi) is 6.07. The number of hydrogen-bond acceptors (Lipinski definition) is 3. The highest BCUT2D eigenvalue weighted by Crippen LogP contribution is 2.40. The number of rotatable bonds is 6. The van der Waals surface area contributed by atoms with E-state index in [0.29, 0.717) is 18.4 Å². The Balaban J connectivity index is 2.41. The fourth-order valence-electron chi connectivity index (χ4n) is 3.00. The van der Waals surface area contributed by atoms with Gasteiger partial charge in [-0.15, -0.1) is 6.58 Å². The van der Waals surface area contributed by atoms with Crippen LogP contribution in [0.4, 0.5) is 13.2 Å². The van der Waals surface area contributed by atoms with Crippen molar-refractivity contribution >= 4 is 0 Å². The number of alkyl halides is 3. The van der Waals surface area contributed by atoms with E-state index in [1.54, 1.807) is 18.2 Å². The zero-order chi connectivity index (χ0) is 16.9. The molecule has 0 spiro atoms. The minimum atomic E-state index is -4.40. The second-order valence-corrected chi connectivity index (χ2v) is 5.62. The molecule has 1 atom stereocenters. The summed E-state index contributed by atoms with van der Waals surface area (Å²) < 4.78 is 45.5. The first kappa shape index (κ1) is 17.8. The number of nitrogens with zero attached hydrogens (tertiary/aromatic N) is 1. The predicted molar refractivity (Wildman–Crippen MR) is 84.6 cm³/mol. The van der Waals surface area contributed by atoms with Gasteiger partial charge in [-0.3, -0.25) is 4.90 Å². The smallest absolute Gasteiger partial charge is 0.416 e. The summed E-state index contributed by atoms with van der Waals surface area (Å²) in [5, 5.41) is 3.24. The van der Waals surface area contributed by atoms with E-state index < -0.39 is 11.7 Å². The van der Waals surface area contributed by atoms with Crippen LogP contribution in [0.1, 0.15) is 30.0 Å². The van der Waals surface area contributed by atoms with Crippen LogP contribution in [0, 0.1) is 0 Å². The van der Waals surface area contributed by atoms with Gasteiger partial charge in [0.1, 0.15) is 5.75 Å². The number of ether oxygens (including phenoxy) is 1. The number of benzene rings is 1. The maximum atomic E-state index is 13.5. The fraction of sp³-hybridized carbons (Fsp3) is 0.529. The summed E-state index contributed by atoms with van der Waals surface area (Å²) >= 11 is 0. The summed E-state index contributed by atoms with van der Waals surface area (Å²) in [6.07, 6.45) is -1.34. The van der Waals surface area contributed by atoms with Crippen molar-refractivity contribution < 1.29 is 17.9 Å². The first-order chi connectivity index (χ1) is 11.0. The van der Waals surface area contributed by atoms with Gasteiger partial charge in [0.2, 0.25) is 0 Å². The first-order valence-corrected chi connectivity index (χ1v) is 7.78. The average Bonchev–Trinajstić information content (AvgIpc) is 2.55. The van der Waals surface area contributed by atoms with E-state index in [0.717, 1.165) is 32.2 Å². The monoisotopic (exact) mass is 328 g/mol. The summed E-state index contributed by atoms with van der Waals surface area (Å²) in [5.41, 5.74) is -0.286. The number of methoxy groups -OCH3 is 1. The molecule has 1 fully saturated rings. The lowest BCUT2D eigenvalue weighted by atomic mass is 9.94. The Bertz CT molecular complexity index is 525. The molecule has 1 aromatic rings. The Hall–Kier alpha value is -1.53. The van der Waals surface area contributed by atoms with Crippen molar-refractivity contribution in [1.82, 2.24) is 10.2 Å². The van der Waals surface area contributed by atoms with E-state index in [2.05, 4.69) is 16.8 Å². The molecule has 0 unspecified atom stereocenters. The molecule has 0 saturated carbocycles. The van der Waals surface area contributed by atoms with Gasteiger partial charge < -0.3 is 10.1 Å². The van der Waals surface area contributed by atoms with Crippen molar-refractivity contribution in [3.05, 3.63) is 42.0 Å². The van der Waals surface area contributed by atoms with Gasteiger partial charge in [-0.2, -0.15) is 13.2 Å². The third-order valence-electron chi connectivity index (χ3n) is 4.16. The molecule has 2 rings (SSSR count). The molecule has 1 aliphatic heterocycles. The van der Waals surface area contributed by atoms with Crippen LogP contribution in [0.2, 0.25) is 0 Å². The highest BCUT2D eigenvalue weighted by Gasteiger charge is 2.37. The third-order valence-corrected chi connectivity index (χ3v) is 4.16. The van der Waals surface area contributed by atoms with Gasteiger partial charge in [-0.1, -0.05) is 12.1 Å². The lowest BCUT2D eigenvalue weighted by Gasteiger charge is -2.36. The van der Waals surface area contributed by atoms with Crippen molar-refractivity contribution in [2.75, 3.05) is 33.3 Å². The zero-order valence-corrected chi connectivity index (χ0v) is 13.3. The number of allylic oxidation sites excluding steroid dienone is 1. The topological polar surface area (TPSA) is 24.5 Å². The molecule has 0 aliphatic carbocycles. The molecule has 128 valence electrons. The number of nitrogens with one attached hydrogen (secondary N) is 1. The van der Waals surface area contributed by atoms with E-state index in [9.17, 15) is 13.2 Å². The minimum absolute atomic E-state index is 0.226. The van der Waals surface area contributed by atoms with Crippen molar-refractivity contribution in [2.45, 2.75) is 25.1 Å². The standard InChI is InChI=1S/C17H23F3N2O/c1-3-4-5-16(22-10-8-21-9-11-22)14-7-6-13(23-2)12-15(14)17(18,19)20/h3,6-7,12,16,21H,1,4-5,8-11H2,2H3/t16-/m1/s1. The zero-order valence-electron chi connectivity index (χ0n) is 13.3. The van der Waals surface area contributed by atoms with E-state index in [4.69, 9.17) is 4.74 Å². The molecule has 1 saturated heterocycles. The summed E-state index contributed by atoms with van der Waals surface area (Å²) in [4.78, 5) is 2.12. The second-order valence-electron chi connectivity index (χ2n) is 5.62. The molecule has 23 heavy (non-hydrogen) atoms. The van der Waals surface area contributed by atoms with Crippen LogP contribution in [-0.2, 0) is 6.18 Å². The molecule has 0 radical (unpaired) electrons. The van der Waals surface area contributed by atoms with Gasteiger partial charge in [0, 0.05) is 32.2 Å². The molecule has 1 aromatic carbocycles. The number of hydrogen-bond donors (Lipinski definition) is 1. The van der Waals surface area contributed by atoms with Crippen LogP contribution in [0.25, 0.3) is 0 Å². The highest BCUT2D eigenvalue weighted by molar-refractivity contribution is 5.39. The molecule has 1 aliphatic rings. The van der Waals surface area contributed by atoms with Gasteiger partial charge in [0.25, 0.3) is 0 Å². The summed E-state index contributed by atoms with van der Waals surface area (Å²) in [5.74, 6) is 0.226. The highest BCUT2D eigenvalue weighted by atomic mass is 19.4. The summed E-state index contributed by atoms with van der Waals surface area (Å²) in [6, 6.07) is 3.99. The van der Waals surface area contributed by atoms with Crippen LogP contribution in [0.15, 0.2) is 30.9 Å². The van der Waals surface area contributed by atoms with E-state index in [1.165, 1.54) is 7.11 Å². The average molecular weight is 328 g/mol. The molecule has 1 N–H and O–H groups in total. The molecule has 1 heterocycles. The largest absolute Gasteiger partial charge is 0.497 e. The van der Waals surface area contributed by atoms with Crippen molar-refractivity contribution in [3.8, 4) is 5.75 Å². The Morgan fingerprint density at radius 3 is 2.61 bits per heavy atom. The quantitative estimate of drug-likeness (QED) is 0.807. The molecule has 0 bridgehead atoms. The van der Waals surface area contributed by atoms with E-state index in [1.807, 2.05) is 0 Å². The van der Waals surface area contributed by atoms with Crippen molar-refractivity contribution in [3.63, 3.8) is 0 Å². The lowest BCUT2D eigenvalue weighted by Crippen LogP contribution is -2.45. The van der Waals surface area contributed by atoms with Gasteiger partial charge in [-0.25, -0.2) is 0 Å². The van der Waals surface area contributed by atoms with Gasteiger partial charge >= 0.3 is 6.18 Å². The SMILES string of the molecule is C=CCC[C@H](c1ccc(OC)cc1C(F)(F)F)N1CCNCC1. The number of halogens is 3. The summed E-state index contributed by atoms with van der Waals surface area (Å²) in [7, 11) is 1.38. The molecule has 0 aromatic heterocycles. The molecular formula is C17H23F3N2O. The predicted octanol–water partition coefficient (Wildman–Crippen LogP) is 3.63. The molecule has 3 nitrogen and oxygen atoms in total. The molecule has 6 heteroatoms. The lowest BCUT2D eigenvalue weighted by molar-refractivity contribution is -0.139. The normalized spacial score (nSPS) is 17.7. The van der Waals surface area contributed by atoms with Gasteiger partial charge in [0.15, 0.2) is 0 Å². The van der Waals surface area contributed by atoms with E-state index >= 15 is 0 Å². The number of piperazine rings is 1. The van der Waals surface area contributed by atoms with Crippen molar-refractivity contribution in [2.24, 2.45) is 0 Å². The van der Waals surface area contributed by atoms with Gasteiger partial charge in [-0.05, 0) is 30.5 Å². The third kappa shape index (κ3) is 4.48.